The van der Waals surface area contributed by atoms with Crippen molar-refractivity contribution in [2.45, 2.75) is 19.4 Å². The molecule has 2 aliphatic rings. The van der Waals surface area contributed by atoms with Gasteiger partial charge >= 0.3 is 0 Å². The molecule has 5 heteroatoms. The molecule has 1 fully saturated rings. The van der Waals surface area contributed by atoms with E-state index in [0.717, 1.165) is 62.6 Å². The number of rotatable bonds is 4. The van der Waals surface area contributed by atoms with Crippen LogP contribution in [0.1, 0.15) is 23.1 Å². The van der Waals surface area contributed by atoms with Gasteiger partial charge < -0.3 is 10.2 Å². The Morgan fingerprint density at radius 2 is 1.93 bits per heavy atom. The zero-order chi connectivity index (χ0) is 19.3. The number of nitrogens with zero attached hydrogens (tertiary/aromatic N) is 3. The molecule has 0 radical (unpaired) electrons. The van der Waals surface area contributed by atoms with Crippen LogP contribution in [0.2, 0.25) is 0 Å². The molecule has 2 aromatic rings. The first-order valence-corrected chi connectivity index (χ1v) is 9.84. The van der Waals surface area contributed by atoms with Gasteiger partial charge in [0.1, 0.15) is 5.82 Å². The Hall–Kier alpha value is -2.92. The Bertz CT molecular complexity index is 883. The van der Waals surface area contributed by atoms with E-state index in [1.807, 2.05) is 17.0 Å². The summed E-state index contributed by atoms with van der Waals surface area (Å²) in [6.45, 7) is 8.25. The first-order valence-electron chi connectivity index (χ1n) is 9.84. The fraction of sp³-hybridized carbons (Fsp3) is 0.304. The molecule has 28 heavy (non-hydrogen) atoms. The van der Waals surface area contributed by atoms with Crippen LogP contribution >= 0.6 is 0 Å². The van der Waals surface area contributed by atoms with Gasteiger partial charge in [0.15, 0.2) is 0 Å². The van der Waals surface area contributed by atoms with Gasteiger partial charge in [-0.3, -0.25) is 9.69 Å². The first kappa shape index (κ1) is 18.4. The van der Waals surface area contributed by atoms with Crippen LogP contribution in [0.3, 0.4) is 0 Å². The number of anilines is 1. The van der Waals surface area contributed by atoms with Gasteiger partial charge in [0.2, 0.25) is 5.91 Å². The lowest BCUT2D eigenvalue weighted by molar-refractivity contribution is -0.127. The van der Waals surface area contributed by atoms with E-state index in [2.05, 4.69) is 52.1 Å². The van der Waals surface area contributed by atoms with E-state index in [-0.39, 0.29) is 5.91 Å². The smallest absolute Gasteiger partial charge is 0.246 e. The highest BCUT2D eigenvalue weighted by Crippen LogP contribution is 2.24. The third-order valence-electron chi connectivity index (χ3n) is 5.33. The van der Waals surface area contributed by atoms with Crippen LogP contribution in [-0.2, 0) is 17.8 Å². The molecule has 1 amide bonds. The molecule has 144 valence electrons. The average molecular weight is 374 g/mol. The molecular weight excluding hydrogens is 348 g/mol. The zero-order valence-corrected chi connectivity index (χ0v) is 16.1. The van der Waals surface area contributed by atoms with Gasteiger partial charge in [0.25, 0.3) is 0 Å². The number of benzene rings is 1. The Morgan fingerprint density at radius 3 is 2.71 bits per heavy atom. The Kier molecular flexibility index (Phi) is 5.53. The predicted molar refractivity (Wildman–Crippen MR) is 113 cm³/mol. The average Bonchev–Trinajstić information content (AvgIpc) is 2.73. The van der Waals surface area contributed by atoms with Crippen LogP contribution in [0.15, 0.2) is 60.9 Å². The minimum atomic E-state index is 0.0728. The topological polar surface area (TPSA) is 48.5 Å². The normalized spacial score (nSPS) is 17.4. The molecular formula is C23H26N4O. The molecule has 3 heterocycles. The molecule has 4 rings (SSSR count). The minimum Gasteiger partial charge on any atom is -0.344 e. The van der Waals surface area contributed by atoms with E-state index in [0.29, 0.717) is 0 Å². The Balaban J connectivity index is 1.30. The molecule has 1 N–H and O–H groups in total. The van der Waals surface area contributed by atoms with Crippen molar-refractivity contribution in [3.8, 4) is 0 Å². The molecule has 0 aliphatic carbocycles. The summed E-state index contributed by atoms with van der Waals surface area (Å²) in [5.41, 5.74) is 4.46. The molecule has 0 spiro atoms. The second kappa shape index (κ2) is 8.40. The molecule has 2 aliphatic heterocycles. The third-order valence-corrected chi connectivity index (χ3v) is 5.33. The van der Waals surface area contributed by atoms with Gasteiger partial charge in [0.05, 0.1) is 0 Å². The van der Waals surface area contributed by atoms with Crippen LogP contribution in [-0.4, -0.2) is 46.9 Å². The summed E-state index contributed by atoms with van der Waals surface area (Å²) < 4.78 is 0. The lowest BCUT2D eigenvalue weighted by Crippen LogP contribution is -2.47. The number of pyridine rings is 1. The largest absolute Gasteiger partial charge is 0.344 e. The van der Waals surface area contributed by atoms with Crippen LogP contribution in [0.25, 0.3) is 6.08 Å². The summed E-state index contributed by atoms with van der Waals surface area (Å²) in [5, 5.41) is 3.22. The van der Waals surface area contributed by atoms with Gasteiger partial charge in [-0.05, 0) is 41.7 Å². The molecule has 1 aromatic carbocycles. The van der Waals surface area contributed by atoms with Crippen molar-refractivity contribution in [2.24, 2.45) is 0 Å². The van der Waals surface area contributed by atoms with Gasteiger partial charge in [0, 0.05) is 50.7 Å². The lowest BCUT2D eigenvalue weighted by atomic mass is 10.0. The number of amides is 1. The fourth-order valence-corrected chi connectivity index (χ4v) is 3.68. The molecule has 5 nitrogen and oxygen atoms in total. The number of carbonyl (C=O) groups is 1. The van der Waals surface area contributed by atoms with Gasteiger partial charge in [-0.1, -0.05) is 36.9 Å². The van der Waals surface area contributed by atoms with E-state index in [1.165, 1.54) is 11.1 Å². The maximum Gasteiger partial charge on any atom is 0.246 e. The maximum absolute atomic E-state index is 12.5. The van der Waals surface area contributed by atoms with Crippen molar-refractivity contribution in [3.05, 3.63) is 77.6 Å². The Labute approximate surface area is 166 Å². The Morgan fingerprint density at radius 1 is 1.14 bits per heavy atom. The number of carbonyl (C=O) groups excluding carboxylic acids is 1. The van der Waals surface area contributed by atoms with Gasteiger partial charge in [-0.2, -0.15) is 0 Å². The quantitative estimate of drug-likeness (QED) is 0.834. The summed E-state index contributed by atoms with van der Waals surface area (Å²) in [6, 6.07) is 12.6. The number of hydrogen-bond donors (Lipinski definition) is 1. The SMILES string of the molecule is C=C1CCc2cc(/C=C/C(=O)N3CCN(Cc4ccccc4)CC3)cnc2N1. The van der Waals surface area contributed by atoms with Crippen molar-refractivity contribution in [2.75, 3.05) is 31.5 Å². The monoisotopic (exact) mass is 374 g/mol. The van der Waals surface area contributed by atoms with E-state index in [1.54, 1.807) is 12.3 Å². The van der Waals surface area contributed by atoms with Crippen LogP contribution in [0.4, 0.5) is 5.82 Å². The minimum absolute atomic E-state index is 0.0728. The van der Waals surface area contributed by atoms with Gasteiger partial charge in [-0.15, -0.1) is 0 Å². The third kappa shape index (κ3) is 4.49. The molecule has 0 saturated carbocycles. The number of allylic oxidation sites excluding steroid dienone is 1. The van der Waals surface area contributed by atoms with Crippen molar-refractivity contribution < 1.29 is 4.79 Å². The molecule has 0 bridgehead atoms. The zero-order valence-electron chi connectivity index (χ0n) is 16.1. The molecule has 1 aromatic heterocycles. The van der Waals surface area contributed by atoms with Gasteiger partial charge in [-0.25, -0.2) is 4.98 Å². The van der Waals surface area contributed by atoms with Crippen LogP contribution in [0.5, 0.6) is 0 Å². The highest BCUT2D eigenvalue weighted by atomic mass is 16.2. The second-order valence-electron chi connectivity index (χ2n) is 7.43. The number of aromatic nitrogens is 1. The van der Waals surface area contributed by atoms with Crippen molar-refractivity contribution >= 4 is 17.8 Å². The van der Waals surface area contributed by atoms with E-state index in [4.69, 9.17) is 0 Å². The first-order chi connectivity index (χ1) is 13.7. The standard InChI is InChI=1S/C23H26N4O/c1-18-7-9-21-15-20(16-24-23(21)25-18)8-10-22(28)27-13-11-26(12-14-27)17-19-5-3-2-4-6-19/h2-6,8,10,15-16H,1,7,9,11-14,17H2,(H,24,25)/b10-8+. The highest BCUT2D eigenvalue weighted by Gasteiger charge is 2.19. The predicted octanol–water partition coefficient (Wildman–Crippen LogP) is 3.31. The number of nitrogens with one attached hydrogen (secondary N) is 1. The van der Waals surface area contributed by atoms with Crippen LogP contribution < -0.4 is 5.32 Å². The molecule has 1 saturated heterocycles. The summed E-state index contributed by atoms with van der Waals surface area (Å²) in [5.74, 6) is 0.956. The number of aryl methyl sites for hydroxylation is 1. The highest BCUT2D eigenvalue weighted by molar-refractivity contribution is 5.91. The summed E-state index contributed by atoms with van der Waals surface area (Å²) >= 11 is 0. The number of piperazine rings is 1. The molecule has 0 unspecified atom stereocenters. The maximum atomic E-state index is 12.5. The van der Waals surface area contributed by atoms with Crippen LogP contribution in [0, 0.1) is 0 Å². The fourth-order valence-electron chi connectivity index (χ4n) is 3.68. The van der Waals surface area contributed by atoms with Crippen molar-refractivity contribution in [1.29, 1.82) is 0 Å². The number of hydrogen-bond acceptors (Lipinski definition) is 4. The number of fused-ring (bicyclic) bond motifs is 1. The summed E-state index contributed by atoms with van der Waals surface area (Å²) in [4.78, 5) is 21.3. The lowest BCUT2D eigenvalue weighted by Gasteiger charge is -2.34. The van der Waals surface area contributed by atoms with Crippen molar-refractivity contribution in [1.82, 2.24) is 14.8 Å². The van der Waals surface area contributed by atoms with Crippen molar-refractivity contribution in [3.63, 3.8) is 0 Å². The summed E-state index contributed by atoms with van der Waals surface area (Å²) in [7, 11) is 0. The molecule has 0 atom stereocenters. The van der Waals surface area contributed by atoms with E-state index < -0.39 is 0 Å². The van der Waals surface area contributed by atoms with E-state index >= 15 is 0 Å². The van der Waals surface area contributed by atoms with E-state index in [9.17, 15) is 4.79 Å². The summed E-state index contributed by atoms with van der Waals surface area (Å²) in [6.07, 6.45) is 7.20. The second-order valence-corrected chi connectivity index (χ2v) is 7.43.